The quantitative estimate of drug-likeness (QED) is 0.695. The van der Waals surface area contributed by atoms with Crippen molar-refractivity contribution in [1.29, 1.82) is 0 Å². The van der Waals surface area contributed by atoms with Gasteiger partial charge in [0.05, 0.1) is 5.88 Å². The Balaban J connectivity index is 2.98. The lowest BCUT2D eigenvalue weighted by Crippen LogP contribution is -2.26. The molecule has 13 heavy (non-hydrogen) atoms. The predicted molar refractivity (Wildman–Crippen MR) is 57.3 cm³/mol. The first-order valence-electron chi connectivity index (χ1n) is 4.38. The molecule has 3 heteroatoms. The molecule has 0 N–H and O–H groups in total. The van der Waals surface area contributed by atoms with E-state index in [4.69, 9.17) is 11.6 Å². The fourth-order valence-electron chi connectivity index (χ4n) is 1.15. The van der Waals surface area contributed by atoms with Crippen LogP contribution in [0.15, 0.2) is 18.5 Å². The van der Waals surface area contributed by atoms with Gasteiger partial charge in [0, 0.05) is 36.7 Å². The SMILES string of the molecule is CC(C)N(C)c1ccncc1CCl. The minimum absolute atomic E-state index is 0.476. The zero-order chi connectivity index (χ0) is 9.84. The lowest BCUT2D eigenvalue weighted by molar-refractivity contribution is 0.751. The van der Waals surface area contributed by atoms with Gasteiger partial charge >= 0.3 is 0 Å². The molecular formula is C10H15ClN2. The van der Waals surface area contributed by atoms with Gasteiger partial charge in [0.1, 0.15) is 0 Å². The van der Waals surface area contributed by atoms with Gasteiger partial charge in [-0.25, -0.2) is 0 Å². The highest BCUT2D eigenvalue weighted by Crippen LogP contribution is 2.21. The van der Waals surface area contributed by atoms with Crippen LogP contribution < -0.4 is 4.90 Å². The van der Waals surface area contributed by atoms with Crippen molar-refractivity contribution in [3.05, 3.63) is 24.0 Å². The fourth-order valence-corrected chi connectivity index (χ4v) is 1.35. The normalized spacial score (nSPS) is 10.5. The molecule has 1 heterocycles. The maximum absolute atomic E-state index is 5.81. The van der Waals surface area contributed by atoms with Crippen molar-refractivity contribution in [3.63, 3.8) is 0 Å². The maximum Gasteiger partial charge on any atom is 0.0509 e. The van der Waals surface area contributed by atoms with E-state index in [1.165, 1.54) is 5.69 Å². The molecule has 0 bridgehead atoms. The van der Waals surface area contributed by atoms with Crippen molar-refractivity contribution < 1.29 is 0 Å². The second-order valence-electron chi connectivity index (χ2n) is 3.34. The van der Waals surface area contributed by atoms with E-state index in [1.54, 1.807) is 6.20 Å². The van der Waals surface area contributed by atoms with E-state index in [-0.39, 0.29) is 0 Å². The van der Waals surface area contributed by atoms with Gasteiger partial charge in [-0.05, 0) is 19.9 Å². The number of rotatable bonds is 3. The molecule has 0 amide bonds. The maximum atomic E-state index is 5.81. The Kier molecular flexibility index (Phi) is 3.55. The first-order chi connectivity index (χ1) is 6.16. The summed E-state index contributed by atoms with van der Waals surface area (Å²) in [5.41, 5.74) is 2.25. The summed E-state index contributed by atoms with van der Waals surface area (Å²) in [7, 11) is 2.07. The van der Waals surface area contributed by atoms with E-state index in [2.05, 4.69) is 30.8 Å². The lowest BCUT2D eigenvalue weighted by atomic mass is 10.2. The molecule has 0 aliphatic rings. The zero-order valence-corrected chi connectivity index (χ0v) is 9.04. The van der Waals surface area contributed by atoms with Crippen LogP contribution in [0, 0.1) is 0 Å². The van der Waals surface area contributed by atoms with Gasteiger partial charge in [0.2, 0.25) is 0 Å². The van der Waals surface area contributed by atoms with Crippen LogP contribution in [-0.4, -0.2) is 18.1 Å². The highest BCUT2D eigenvalue weighted by atomic mass is 35.5. The summed E-state index contributed by atoms with van der Waals surface area (Å²) < 4.78 is 0. The molecule has 2 nitrogen and oxygen atoms in total. The van der Waals surface area contributed by atoms with E-state index < -0.39 is 0 Å². The lowest BCUT2D eigenvalue weighted by Gasteiger charge is -2.25. The number of alkyl halides is 1. The van der Waals surface area contributed by atoms with Crippen LogP contribution in [0.25, 0.3) is 0 Å². The van der Waals surface area contributed by atoms with Gasteiger partial charge in [-0.3, -0.25) is 4.98 Å². The molecule has 0 radical (unpaired) electrons. The van der Waals surface area contributed by atoms with Crippen LogP contribution in [0.1, 0.15) is 19.4 Å². The first-order valence-corrected chi connectivity index (χ1v) is 4.92. The van der Waals surface area contributed by atoms with Crippen molar-refractivity contribution in [1.82, 2.24) is 4.98 Å². The third-order valence-corrected chi connectivity index (χ3v) is 2.46. The monoisotopic (exact) mass is 198 g/mol. The highest BCUT2D eigenvalue weighted by molar-refractivity contribution is 6.17. The van der Waals surface area contributed by atoms with Gasteiger partial charge in [-0.1, -0.05) is 0 Å². The Hall–Kier alpha value is -0.760. The van der Waals surface area contributed by atoms with Crippen molar-refractivity contribution in [3.8, 4) is 0 Å². The van der Waals surface area contributed by atoms with Crippen molar-refractivity contribution in [2.75, 3.05) is 11.9 Å². The fraction of sp³-hybridized carbons (Fsp3) is 0.500. The standard InChI is InChI=1S/C10H15ClN2/c1-8(2)13(3)10-4-5-12-7-9(10)6-11/h4-5,7-8H,6H2,1-3H3. The molecule has 1 aromatic rings. The summed E-state index contributed by atoms with van der Waals surface area (Å²) >= 11 is 5.81. The molecule has 1 aromatic heterocycles. The van der Waals surface area contributed by atoms with E-state index in [9.17, 15) is 0 Å². The zero-order valence-electron chi connectivity index (χ0n) is 8.29. The van der Waals surface area contributed by atoms with Crippen LogP contribution in [0.3, 0.4) is 0 Å². The number of pyridine rings is 1. The summed E-state index contributed by atoms with van der Waals surface area (Å²) in [6.45, 7) is 4.30. The second kappa shape index (κ2) is 4.47. The predicted octanol–water partition coefficient (Wildman–Crippen LogP) is 2.67. The topological polar surface area (TPSA) is 16.1 Å². The number of hydrogen-bond donors (Lipinski definition) is 0. The van der Waals surface area contributed by atoms with Gasteiger partial charge in [-0.2, -0.15) is 0 Å². The molecule has 0 spiro atoms. The summed E-state index contributed by atoms with van der Waals surface area (Å²) in [6.07, 6.45) is 3.62. The first kappa shape index (κ1) is 10.3. The summed E-state index contributed by atoms with van der Waals surface area (Å²) in [5.74, 6) is 0.514. The van der Waals surface area contributed by atoms with Crippen LogP contribution in [-0.2, 0) is 5.88 Å². The summed E-state index contributed by atoms with van der Waals surface area (Å²) in [6, 6.07) is 2.47. The molecule has 0 saturated heterocycles. The molecule has 72 valence electrons. The van der Waals surface area contributed by atoms with Gasteiger partial charge in [-0.15, -0.1) is 11.6 Å². The van der Waals surface area contributed by atoms with Gasteiger partial charge < -0.3 is 4.90 Å². The number of hydrogen-bond acceptors (Lipinski definition) is 2. The van der Waals surface area contributed by atoms with Crippen LogP contribution in [0.4, 0.5) is 5.69 Å². The molecule has 0 saturated carbocycles. The van der Waals surface area contributed by atoms with E-state index in [0.717, 1.165) is 5.56 Å². The summed E-state index contributed by atoms with van der Waals surface area (Å²) in [4.78, 5) is 6.24. The van der Waals surface area contributed by atoms with Crippen LogP contribution >= 0.6 is 11.6 Å². The molecule has 0 unspecified atom stereocenters. The molecule has 1 rings (SSSR count). The number of nitrogens with zero attached hydrogens (tertiary/aromatic N) is 2. The Bertz CT molecular complexity index is 273. The van der Waals surface area contributed by atoms with E-state index in [0.29, 0.717) is 11.9 Å². The van der Waals surface area contributed by atoms with Gasteiger partial charge in [0.25, 0.3) is 0 Å². The third-order valence-electron chi connectivity index (χ3n) is 2.18. The van der Waals surface area contributed by atoms with E-state index in [1.807, 2.05) is 12.3 Å². The minimum Gasteiger partial charge on any atom is -0.372 e. The van der Waals surface area contributed by atoms with Gasteiger partial charge in [0.15, 0.2) is 0 Å². The van der Waals surface area contributed by atoms with Crippen molar-refractivity contribution >= 4 is 17.3 Å². The average molecular weight is 199 g/mol. The Morgan fingerprint density at radius 2 is 2.23 bits per heavy atom. The minimum atomic E-state index is 0.476. The van der Waals surface area contributed by atoms with Crippen molar-refractivity contribution in [2.24, 2.45) is 0 Å². The van der Waals surface area contributed by atoms with Crippen LogP contribution in [0.5, 0.6) is 0 Å². The Morgan fingerprint density at radius 1 is 1.54 bits per heavy atom. The average Bonchev–Trinajstić information content (AvgIpc) is 2.16. The molecule has 0 aromatic carbocycles. The number of aromatic nitrogens is 1. The second-order valence-corrected chi connectivity index (χ2v) is 3.61. The van der Waals surface area contributed by atoms with Crippen LogP contribution in [0.2, 0.25) is 0 Å². The molecular weight excluding hydrogens is 184 g/mol. The highest BCUT2D eigenvalue weighted by Gasteiger charge is 2.08. The number of halogens is 1. The smallest absolute Gasteiger partial charge is 0.0509 e. The summed E-state index contributed by atoms with van der Waals surface area (Å²) in [5, 5.41) is 0. The molecule has 0 aliphatic heterocycles. The van der Waals surface area contributed by atoms with Crippen molar-refractivity contribution in [2.45, 2.75) is 25.8 Å². The third kappa shape index (κ3) is 2.34. The Morgan fingerprint density at radius 3 is 2.77 bits per heavy atom. The largest absolute Gasteiger partial charge is 0.372 e. The molecule has 0 fully saturated rings. The van der Waals surface area contributed by atoms with E-state index >= 15 is 0 Å². The number of anilines is 1. The Labute approximate surface area is 84.5 Å². The molecule has 0 aliphatic carbocycles. The molecule has 0 atom stereocenters.